The van der Waals surface area contributed by atoms with E-state index in [9.17, 15) is 19.8 Å². The van der Waals surface area contributed by atoms with Crippen molar-refractivity contribution in [1.82, 2.24) is 4.90 Å². The number of rotatable bonds is 9. The molecule has 0 aliphatic carbocycles. The lowest BCUT2D eigenvalue weighted by Gasteiger charge is -2.45. The summed E-state index contributed by atoms with van der Waals surface area (Å²) in [5.74, 6) is -0.979. The van der Waals surface area contributed by atoms with Crippen molar-refractivity contribution < 1.29 is 34.0 Å². The fourth-order valence-electron chi connectivity index (χ4n) is 6.05. The van der Waals surface area contributed by atoms with E-state index in [1.54, 1.807) is 12.1 Å². The van der Waals surface area contributed by atoms with Gasteiger partial charge in [-0.1, -0.05) is 67.1 Å². The lowest BCUT2D eigenvalue weighted by atomic mass is 9.84. The van der Waals surface area contributed by atoms with E-state index in [4.69, 9.17) is 25.8 Å². The molecule has 0 unspecified atom stereocenters. The number of likely N-dealkylation sites (tertiary alicyclic amines) is 1. The van der Waals surface area contributed by atoms with Crippen LogP contribution in [-0.4, -0.2) is 58.8 Å². The highest BCUT2D eigenvalue weighted by molar-refractivity contribution is 6.30. The minimum atomic E-state index is -0.938. The van der Waals surface area contributed by atoms with Gasteiger partial charge in [0.15, 0.2) is 12.4 Å². The zero-order chi connectivity index (χ0) is 32.1. The zero-order valence-corrected chi connectivity index (χ0v) is 26.6. The third-order valence-electron chi connectivity index (χ3n) is 8.76. The van der Waals surface area contributed by atoms with Crippen LogP contribution in [0, 0.1) is 5.92 Å². The van der Waals surface area contributed by atoms with Gasteiger partial charge >= 0.3 is 5.97 Å². The van der Waals surface area contributed by atoms with Gasteiger partial charge in [0.05, 0.1) is 24.4 Å². The summed E-state index contributed by atoms with van der Waals surface area (Å²) >= 11 is 6.07. The second-order valence-electron chi connectivity index (χ2n) is 12.0. The Morgan fingerprint density at radius 3 is 2.38 bits per heavy atom. The molecule has 2 saturated heterocycles. The summed E-state index contributed by atoms with van der Waals surface area (Å²) in [7, 11) is 0. The SMILES string of the molecule is CC(=O)O[C@@H](C)C(=O)Nc1cccc([C@@H]2O[C@H](CN3CCC(O)(c4ccc(Cl)cc4)CC3)[C@H](C)[C@H](c3ccc(CO)cc3)O2)c1. The first-order chi connectivity index (χ1) is 21.5. The summed E-state index contributed by atoms with van der Waals surface area (Å²) in [6.07, 6.45) is -0.960. The Labute approximate surface area is 269 Å². The van der Waals surface area contributed by atoms with Crippen LogP contribution in [0.25, 0.3) is 0 Å². The summed E-state index contributed by atoms with van der Waals surface area (Å²) in [6.45, 7) is 6.91. The van der Waals surface area contributed by atoms with Crippen LogP contribution in [0.5, 0.6) is 0 Å². The molecular formula is C35H41ClN2O7. The average Bonchev–Trinajstić information content (AvgIpc) is 3.03. The Balaban J connectivity index is 1.33. The molecule has 240 valence electrons. The number of carbonyl (C=O) groups excluding carboxylic acids is 2. The number of nitrogens with zero attached hydrogens (tertiary/aromatic N) is 1. The molecule has 2 aliphatic rings. The Morgan fingerprint density at radius 1 is 1.04 bits per heavy atom. The predicted molar refractivity (Wildman–Crippen MR) is 170 cm³/mol. The predicted octanol–water partition coefficient (Wildman–Crippen LogP) is 5.50. The number of piperidine rings is 1. The number of carbonyl (C=O) groups is 2. The number of esters is 1. The maximum absolute atomic E-state index is 12.6. The highest BCUT2D eigenvalue weighted by Crippen LogP contribution is 2.43. The van der Waals surface area contributed by atoms with Gasteiger partial charge in [0.25, 0.3) is 5.91 Å². The van der Waals surface area contributed by atoms with Crippen molar-refractivity contribution >= 4 is 29.2 Å². The quantitative estimate of drug-likeness (QED) is 0.264. The highest BCUT2D eigenvalue weighted by atomic mass is 35.5. The molecule has 0 aromatic heterocycles. The third-order valence-corrected chi connectivity index (χ3v) is 9.02. The maximum Gasteiger partial charge on any atom is 0.303 e. The smallest absolute Gasteiger partial charge is 0.303 e. The van der Waals surface area contributed by atoms with Gasteiger partial charge in [-0.25, -0.2) is 0 Å². The fraction of sp³-hybridized carbons (Fsp3) is 0.429. The van der Waals surface area contributed by atoms with Gasteiger partial charge < -0.3 is 34.6 Å². The van der Waals surface area contributed by atoms with Crippen molar-refractivity contribution in [3.8, 4) is 0 Å². The van der Waals surface area contributed by atoms with E-state index in [0.717, 1.165) is 22.3 Å². The van der Waals surface area contributed by atoms with Gasteiger partial charge in [-0.3, -0.25) is 9.59 Å². The average molecular weight is 637 g/mol. The van der Waals surface area contributed by atoms with Crippen LogP contribution in [-0.2, 0) is 36.0 Å². The molecule has 0 radical (unpaired) electrons. The van der Waals surface area contributed by atoms with Crippen LogP contribution in [0.3, 0.4) is 0 Å². The van der Waals surface area contributed by atoms with Crippen molar-refractivity contribution in [2.45, 2.75) is 70.4 Å². The van der Waals surface area contributed by atoms with E-state index in [0.29, 0.717) is 43.2 Å². The second kappa shape index (κ2) is 14.4. The Morgan fingerprint density at radius 2 is 1.73 bits per heavy atom. The van der Waals surface area contributed by atoms with Gasteiger partial charge in [-0.05, 0) is 60.7 Å². The standard InChI is InChI=1S/C35H41ClN2O7/c1-22-31(20-38-17-15-35(42,16-18-38)28-11-13-29(36)14-12-28)44-34(45-32(22)26-9-7-25(21-39)8-10-26)27-5-4-6-30(19-27)37-33(41)23(2)43-24(3)40/h4-14,19,22-23,31-32,34,39,42H,15-18,20-21H2,1-3H3,(H,37,41)/t22-,23-,31+,32+,34+/m0/s1. The molecule has 45 heavy (non-hydrogen) atoms. The number of hydrogen-bond acceptors (Lipinski definition) is 8. The summed E-state index contributed by atoms with van der Waals surface area (Å²) in [4.78, 5) is 26.2. The molecule has 5 atom stereocenters. The van der Waals surface area contributed by atoms with E-state index < -0.39 is 29.9 Å². The Kier molecular flexibility index (Phi) is 10.6. The summed E-state index contributed by atoms with van der Waals surface area (Å²) in [6, 6.07) is 22.4. The minimum Gasteiger partial charge on any atom is -0.453 e. The van der Waals surface area contributed by atoms with Gasteiger partial charge in [0, 0.05) is 48.7 Å². The molecule has 10 heteroatoms. The van der Waals surface area contributed by atoms with Crippen LogP contribution in [0.2, 0.25) is 5.02 Å². The lowest BCUT2D eigenvalue weighted by molar-refractivity contribution is -0.277. The summed E-state index contributed by atoms with van der Waals surface area (Å²) in [5, 5.41) is 24.4. The fourth-order valence-corrected chi connectivity index (χ4v) is 6.17. The summed E-state index contributed by atoms with van der Waals surface area (Å²) < 4.78 is 18.2. The first-order valence-corrected chi connectivity index (χ1v) is 15.7. The van der Waals surface area contributed by atoms with Crippen molar-refractivity contribution in [1.29, 1.82) is 0 Å². The van der Waals surface area contributed by atoms with E-state index in [1.807, 2.05) is 60.7 Å². The van der Waals surface area contributed by atoms with Crippen LogP contribution >= 0.6 is 11.6 Å². The van der Waals surface area contributed by atoms with Gasteiger partial charge in [0.1, 0.15) is 0 Å². The van der Waals surface area contributed by atoms with Crippen molar-refractivity contribution in [2.24, 2.45) is 5.92 Å². The molecule has 2 aliphatic heterocycles. The van der Waals surface area contributed by atoms with Crippen molar-refractivity contribution in [2.75, 3.05) is 25.0 Å². The van der Waals surface area contributed by atoms with Crippen LogP contribution in [0.1, 0.15) is 68.3 Å². The molecule has 9 nitrogen and oxygen atoms in total. The molecule has 0 saturated carbocycles. The normalized spacial score (nSPS) is 24.0. The molecule has 3 aromatic carbocycles. The monoisotopic (exact) mass is 636 g/mol. The topological polar surface area (TPSA) is 118 Å². The van der Waals surface area contributed by atoms with Gasteiger partial charge in [0.2, 0.25) is 0 Å². The molecule has 3 aromatic rings. The van der Waals surface area contributed by atoms with Crippen molar-refractivity contribution in [3.05, 3.63) is 100 Å². The molecule has 1 amide bonds. The van der Waals surface area contributed by atoms with Gasteiger partial charge in [-0.2, -0.15) is 0 Å². The first kappa shape index (κ1) is 33.1. The number of hydrogen-bond donors (Lipinski definition) is 3. The molecule has 0 spiro atoms. The number of anilines is 1. The molecule has 0 bridgehead atoms. The minimum absolute atomic E-state index is 0.00855. The Bertz CT molecular complexity index is 1460. The van der Waals surface area contributed by atoms with Gasteiger partial charge in [-0.15, -0.1) is 0 Å². The van der Waals surface area contributed by atoms with Crippen LogP contribution in [0.15, 0.2) is 72.8 Å². The van der Waals surface area contributed by atoms with E-state index >= 15 is 0 Å². The number of nitrogens with one attached hydrogen (secondary N) is 1. The number of aliphatic hydroxyl groups is 2. The largest absolute Gasteiger partial charge is 0.453 e. The number of benzene rings is 3. The maximum atomic E-state index is 12.6. The van der Waals surface area contributed by atoms with E-state index in [-0.39, 0.29) is 24.7 Å². The molecule has 3 N–H and O–H groups in total. The third kappa shape index (κ3) is 8.10. The highest BCUT2D eigenvalue weighted by Gasteiger charge is 2.41. The lowest BCUT2D eigenvalue weighted by Crippen LogP contribution is -2.49. The van der Waals surface area contributed by atoms with Crippen molar-refractivity contribution in [3.63, 3.8) is 0 Å². The first-order valence-electron chi connectivity index (χ1n) is 15.3. The van der Waals surface area contributed by atoms with Crippen LogP contribution < -0.4 is 5.32 Å². The molecule has 2 heterocycles. The zero-order valence-electron chi connectivity index (χ0n) is 25.8. The Hall–Kier alpha value is -3.31. The number of halogens is 1. The molecule has 2 fully saturated rings. The summed E-state index contributed by atoms with van der Waals surface area (Å²) in [5.41, 5.74) is 3.04. The van der Waals surface area contributed by atoms with Crippen LogP contribution in [0.4, 0.5) is 5.69 Å². The molecule has 5 rings (SSSR count). The van der Waals surface area contributed by atoms with E-state index in [1.165, 1.54) is 13.8 Å². The number of ether oxygens (including phenoxy) is 3. The number of amides is 1. The molecular weight excluding hydrogens is 596 g/mol. The number of aliphatic hydroxyl groups excluding tert-OH is 1. The van der Waals surface area contributed by atoms with E-state index in [2.05, 4.69) is 17.1 Å². The second-order valence-corrected chi connectivity index (χ2v) is 12.5.